The lowest BCUT2D eigenvalue weighted by molar-refractivity contribution is 0.238. The van der Waals surface area contributed by atoms with Gasteiger partial charge in [0.2, 0.25) is 0 Å². The van der Waals surface area contributed by atoms with Gasteiger partial charge in [-0.05, 0) is 12.0 Å². The molecule has 0 aliphatic rings. The number of nitrogens with two attached hydrogens (primary N) is 1. The van der Waals surface area contributed by atoms with E-state index < -0.39 is 0 Å². The zero-order valence-electron chi connectivity index (χ0n) is 9.93. The van der Waals surface area contributed by atoms with Crippen molar-refractivity contribution in [2.24, 2.45) is 10.9 Å². The first kappa shape index (κ1) is 13.5. The van der Waals surface area contributed by atoms with Crippen LogP contribution in [0.3, 0.4) is 0 Å². The predicted octanol–water partition coefficient (Wildman–Crippen LogP) is 0.642. The number of oxime groups is 1. The van der Waals surface area contributed by atoms with Gasteiger partial charge in [0.15, 0.2) is 5.84 Å². The third kappa shape index (κ3) is 4.05. The maximum Gasteiger partial charge on any atom is 0.170 e. The summed E-state index contributed by atoms with van der Waals surface area (Å²) in [5.41, 5.74) is 7.24. The lowest BCUT2D eigenvalue weighted by Gasteiger charge is -2.13. The molecule has 1 aromatic carbocycles. The largest absolute Gasteiger partial charge is 0.409 e. The highest BCUT2D eigenvalue weighted by Crippen LogP contribution is 2.04. The summed E-state index contributed by atoms with van der Waals surface area (Å²) in [5, 5.41) is 23.7. The molecule has 0 aliphatic heterocycles. The van der Waals surface area contributed by atoms with E-state index in [1.807, 2.05) is 19.1 Å². The molecule has 0 amide bonds. The highest BCUT2D eigenvalue weighted by Gasteiger charge is 2.04. The van der Waals surface area contributed by atoms with Gasteiger partial charge >= 0.3 is 0 Å². The van der Waals surface area contributed by atoms with E-state index in [0.717, 1.165) is 12.0 Å². The Labute approximate surface area is 101 Å². The Morgan fingerprint density at radius 3 is 2.53 bits per heavy atom. The fourth-order valence-electron chi connectivity index (χ4n) is 1.45. The Morgan fingerprint density at radius 2 is 2.06 bits per heavy atom. The minimum absolute atomic E-state index is 0.103. The highest BCUT2D eigenvalue weighted by atomic mass is 16.4. The van der Waals surface area contributed by atoms with Crippen molar-refractivity contribution in [2.45, 2.75) is 25.9 Å². The number of nitrogens with one attached hydrogen (secondary N) is 1. The molecular formula is C12H19N3O2. The van der Waals surface area contributed by atoms with E-state index >= 15 is 0 Å². The van der Waals surface area contributed by atoms with Crippen LogP contribution in [0.1, 0.15) is 24.5 Å². The monoisotopic (exact) mass is 237 g/mol. The van der Waals surface area contributed by atoms with Crippen molar-refractivity contribution in [3.63, 3.8) is 0 Å². The molecule has 0 heterocycles. The van der Waals surface area contributed by atoms with Gasteiger partial charge in [0, 0.05) is 18.2 Å². The van der Waals surface area contributed by atoms with E-state index in [1.54, 1.807) is 12.1 Å². The first-order chi connectivity index (χ1) is 8.21. The summed E-state index contributed by atoms with van der Waals surface area (Å²) in [5.74, 6) is 0.103. The van der Waals surface area contributed by atoms with Crippen LogP contribution in [0.15, 0.2) is 29.4 Å². The number of aliphatic hydroxyl groups excluding tert-OH is 1. The molecule has 1 rings (SSSR count). The Bertz CT molecular complexity index is 359. The molecule has 5 N–H and O–H groups in total. The van der Waals surface area contributed by atoms with Gasteiger partial charge in [-0.15, -0.1) is 0 Å². The lowest BCUT2D eigenvalue weighted by atomic mass is 10.1. The number of nitrogens with zero attached hydrogens (tertiary/aromatic N) is 1. The topological polar surface area (TPSA) is 90.9 Å². The summed E-state index contributed by atoms with van der Waals surface area (Å²) in [6.45, 7) is 2.85. The van der Waals surface area contributed by atoms with Gasteiger partial charge in [-0.2, -0.15) is 0 Å². The average molecular weight is 237 g/mol. The highest BCUT2D eigenvalue weighted by molar-refractivity contribution is 5.96. The second-order valence-corrected chi connectivity index (χ2v) is 3.85. The Kier molecular flexibility index (Phi) is 5.45. The van der Waals surface area contributed by atoms with Crippen LogP contribution in [0, 0.1) is 0 Å². The molecule has 0 aromatic heterocycles. The van der Waals surface area contributed by atoms with Gasteiger partial charge in [0.25, 0.3) is 0 Å². The predicted molar refractivity (Wildman–Crippen MR) is 67.0 cm³/mol. The summed E-state index contributed by atoms with van der Waals surface area (Å²) in [7, 11) is 0. The van der Waals surface area contributed by atoms with Crippen LogP contribution < -0.4 is 11.1 Å². The quantitative estimate of drug-likeness (QED) is 0.253. The van der Waals surface area contributed by atoms with E-state index in [4.69, 9.17) is 16.0 Å². The summed E-state index contributed by atoms with van der Waals surface area (Å²) < 4.78 is 0. The molecule has 1 unspecified atom stereocenters. The van der Waals surface area contributed by atoms with Crippen molar-refractivity contribution >= 4 is 5.84 Å². The van der Waals surface area contributed by atoms with Crippen LogP contribution in [0.25, 0.3) is 0 Å². The van der Waals surface area contributed by atoms with Crippen molar-refractivity contribution in [1.29, 1.82) is 0 Å². The second-order valence-electron chi connectivity index (χ2n) is 3.85. The standard InChI is InChI=1S/C12H19N3O2/c1-2-11(8-16)14-7-9-3-5-10(6-4-9)12(13)15-17/h3-6,11,14,16-17H,2,7-8H2,1H3,(H2,13,15). The Balaban J connectivity index is 2.57. The third-order valence-electron chi connectivity index (χ3n) is 2.67. The van der Waals surface area contributed by atoms with Crippen molar-refractivity contribution in [1.82, 2.24) is 5.32 Å². The number of amidine groups is 1. The van der Waals surface area contributed by atoms with E-state index in [2.05, 4.69) is 10.5 Å². The SMILES string of the molecule is CCC(CO)NCc1ccc(C(N)=NO)cc1. The molecular weight excluding hydrogens is 218 g/mol. The molecule has 17 heavy (non-hydrogen) atoms. The number of hydrogen-bond acceptors (Lipinski definition) is 4. The van der Waals surface area contributed by atoms with Gasteiger partial charge in [-0.1, -0.05) is 36.3 Å². The van der Waals surface area contributed by atoms with Gasteiger partial charge in [0.1, 0.15) is 0 Å². The van der Waals surface area contributed by atoms with E-state index in [1.165, 1.54) is 0 Å². The number of benzene rings is 1. The summed E-state index contributed by atoms with van der Waals surface area (Å²) in [6, 6.07) is 7.53. The van der Waals surface area contributed by atoms with E-state index in [-0.39, 0.29) is 18.5 Å². The van der Waals surface area contributed by atoms with Crippen molar-refractivity contribution in [2.75, 3.05) is 6.61 Å². The number of aliphatic hydroxyl groups is 1. The summed E-state index contributed by atoms with van der Waals surface area (Å²) in [6.07, 6.45) is 0.888. The third-order valence-corrected chi connectivity index (χ3v) is 2.67. The maximum atomic E-state index is 9.03. The fourth-order valence-corrected chi connectivity index (χ4v) is 1.45. The van der Waals surface area contributed by atoms with Crippen LogP contribution in [0.5, 0.6) is 0 Å². The molecule has 0 aliphatic carbocycles. The van der Waals surface area contributed by atoms with Gasteiger partial charge in [-0.25, -0.2) is 0 Å². The molecule has 5 nitrogen and oxygen atoms in total. The van der Waals surface area contributed by atoms with Crippen molar-refractivity contribution in [3.8, 4) is 0 Å². The molecule has 0 spiro atoms. The van der Waals surface area contributed by atoms with Gasteiger partial charge in [-0.3, -0.25) is 0 Å². The summed E-state index contributed by atoms with van der Waals surface area (Å²) in [4.78, 5) is 0. The second kappa shape index (κ2) is 6.88. The van der Waals surface area contributed by atoms with Crippen LogP contribution in [0.4, 0.5) is 0 Å². The zero-order valence-corrected chi connectivity index (χ0v) is 9.93. The molecule has 0 radical (unpaired) electrons. The molecule has 0 bridgehead atoms. The van der Waals surface area contributed by atoms with Crippen LogP contribution in [-0.4, -0.2) is 28.8 Å². The molecule has 0 saturated carbocycles. The first-order valence-electron chi connectivity index (χ1n) is 5.62. The lowest BCUT2D eigenvalue weighted by Crippen LogP contribution is -2.31. The van der Waals surface area contributed by atoms with Crippen molar-refractivity contribution < 1.29 is 10.3 Å². The number of hydrogen-bond donors (Lipinski definition) is 4. The minimum atomic E-state index is 0.103. The zero-order chi connectivity index (χ0) is 12.7. The minimum Gasteiger partial charge on any atom is -0.409 e. The van der Waals surface area contributed by atoms with E-state index in [0.29, 0.717) is 12.1 Å². The smallest absolute Gasteiger partial charge is 0.170 e. The fraction of sp³-hybridized carbons (Fsp3) is 0.417. The van der Waals surface area contributed by atoms with E-state index in [9.17, 15) is 0 Å². The van der Waals surface area contributed by atoms with Crippen LogP contribution in [0.2, 0.25) is 0 Å². The molecule has 1 atom stereocenters. The molecule has 94 valence electrons. The number of rotatable bonds is 6. The van der Waals surface area contributed by atoms with Crippen molar-refractivity contribution in [3.05, 3.63) is 35.4 Å². The Hall–Kier alpha value is -1.59. The normalized spacial score (nSPS) is 13.6. The van der Waals surface area contributed by atoms with Crippen LogP contribution in [-0.2, 0) is 6.54 Å². The van der Waals surface area contributed by atoms with Gasteiger partial charge < -0.3 is 21.4 Å². The van der Waals surface area contributed by atoms with Gasteiger partial charge in [0.05, 0.1) is 6.61 Å². The summed E-state index contributed by atoms with van der Waals surface area (Å²) >= 11 is 0. The molecule has 1 aromatic rings. The Morgan fingerprint density at radius 1 is 1.41 bits per heavy atom. The van der Waals surface area contributed by atoms with Crippen LogP contribution >= 0.6 is 0 Å². The average Bonchev–Trinajstić information content (AvgIpc) is 2.39. The molecule has 0 fully saturated rings. The molecule has 0 saturated heterocycles. The maximum absolute atomic E-state index is 9.03. The first-order valence-corrected chi connectivity index (χ1v) is 5.62. The molecule has 5 heteroatoms.